The number of nitrogens with one attached hydrogen (secondary N) is 1. The van der Waals surface area contributed by atoms with Crippen molar-refractivity contribution in [1.82, 2.24) is 4.98 Å². The first-order valence-electron chi connectivity index (χ1n) is 10.1. The molecule has 5 aromatic rings. The fourth-order valence-corrected chi connectivity index (χ4v) is 4.29. The van der Waals surface area contributed by atoms with Crippen molar-refractivity contribution in [1.29, 1.82) is 0 Å². The lowest BCUT2D eigenvalue weighted by Crippen LogP contribution is -1.95. The van der Waals surface area contributed by atoms with Crippen LogP contribution in [-0.2, 0) is 0 Å². The summed E-state index contributed by atoms with van der Waals surface area (Å²) < 4.78 is 0. The molecule has 29 heavy (non-hydrogen) atoms. The molecule has 1 heterocycles. The van der Waals surface area contributed by atoms with Crippen molar-refractivity contribution >= 4 is 27.6 Å². The number of carbonyl (C=O) groups excluding carboxylic acids is 1. The van der Waals surface area contributed by atoms with Crippen LogP contribution in [0.1, 0.15) is 29.8 Å². The number of H-pyrrole nitrogens is 1. The van der Waals surface area contributed by atoms with Gasteiger partial charge in [-0.1, -0.05) is 86.6 Å². The molecule has 0 atom stereocenters. The Hall–Kier alpha value is -3.65. The van der Waals surface area contributed by atoms with Gasteiger partial charge in [0, 0.05) is 21.9 Å². The van der Waals surface area contributed by atoms with Gasteiger partial charge in [0.15, 0.2) is 5.78 Å². The zero-order chi connectivity index (χ0) is 20.0. The van der Waals surface area contributed by atoms with Crippen molar-refractivity contribution in [2.45, 2.75) is 13.8 Å². The van der Waals surface area contributed by atoms with Crippen molar-refractivity contribution in [3.8, 4) is 22.3 Å². The molecule has 0 fully saturated rings. The summed E-state index contributed by atoms with van der Waals surface area (Å²) in [7, 11) is 0. The zero-order valence-electron chi connectivity index (χ0n) is 16.5. The van der Waals surface area contributed by atoms with E-state index < -0.39 is 0 Å². The lowest BCUT2D eigenvalue weighted by Gasteiger charge is -2.02. The lowest BCUT2D eigenvalue weighted by molar-refractivity contribution is 0.104. The van der Waals surface area contributed by atoms with Gasteiger partial charge >= 0.3 is 0 Å². The van der Waals surface area contributed by atoms with Crippen LogP contribution in [0.2, 0.25) is 0 Å². The smallest absolute Gasteiger partial charge is 0.196 e. The fourth-order valence-electron chi connectivity index (χ4n) is 4.29. The number of rotatable bonds is 1. The third-order valence-corrected chi connectivity index (χ3v) is 5.57. The van der Waals surface area contributed by atoms with Crippen LogP contribution in [0.3, 0.4) is 0 Å². The molecule has 6 rings (SSSR count). The second-order valence-electron chi connectivity index (χ2n) is 7.04. The first kappa shape index (κ1) is 17.4. The second-order valence-corrected chi connectivity index (χ2v) is 7.04. The molecular weight excluding hydrogens is 354 g/mol. The number of carbonyl (C=O) groups is 1. The van der Waals surface area contributed by atoms with E-state index in [2.05, 4.69) is 59.6 Å². The van der Waals surface area contributed by atoms with Crippen LogP contribution in [0.25, 0.3) is 44.1 Å². The van der Waals surface area contributed by atoms with Crippen LogP contribution in [0, 0.1) is 0 Å². The summed E-state index contributed by atoms with van der Waals surface area (Å²) in [5.41, 5.74) is 8.02. The summed E-state index contributed by atoms with van der Waals surface area (Å²) in [6, 6.07) is 28.9. The molecule has 0 radical (unpaired) electrons. The standard InChI is InChI=1S/C25H15NO.C2H6/c27-25-20-9-5-4-8-17(20)18-11-12-19-21-14-16(15-6-2-1-3-7-15)10-13-22(21)26-24(19)23(18)25;1-2/h1-14,26H;1-2H3. The third kappa shape index (κ3) is 2.53. The van der Waals surface area contributed by atoms with Crippen molar-refractivity contribution in [3.63, 3.8) is 0 Å². The molecule has 0 unspecified atom stereocenters. The Morgan fingerprint density at radius 3 is 2.14 bits per heavy atom. The van der Waals surface area contributed by atoms with Crippen molar-refractivity contribution in [2.75, 3.05) is 0 Å². The number of hydrogen-bond donors (Lipinski definition) is 1. The monoisotopic (exact) mass is 375 g/mol. The molecule has 140 valence electrons. The lowest BCUT2D eigenvalue weighted by atomic mass is 10.0. The minimum absolute atomic E-state index is 0.112. The largest absolute Gasteiger partial charge is 0.354 e. The van der Waals surface area contributed by atoms with Gasteiger partial charge in [0.1, 0.15) is 0 Å². The Morgan fingerprint density at radius 2 is 1.34 bits per heavy atom. The SMILES string of the molecule is CC.O=C1c2ccccc2-c2ccc3c([nH]c4ccc(-c5ccccc5)cc43)c21. The van der Waals surface area contributed by atoms with Crippen molar-refractivity contribution in [3.05, 3.63) is 96.1 Å². The summed E-state index contributed by atoms with van der Waals surface area (Å²) in [5.74, 6) is 0.112. The van der Waals surface area contributed by atoms with Crippen LogP contribution in [0.5, 0.6) is 0 Å². The quantitative estimate of drug-likeness (QED) is 0.323. The Morgan fingerprint density at radius 1 is 0.621 bits per heavy atom. The van der Waals surface area contributed by atoms with Gasteiger partial charge < -0.3 is 4.98 Å². The molecule has 2 heteroatoms. The highest BCUT2D eigenvalue weighted by atomic mass is 16.1. The zero-order valence-corrected chi connectivity index (χ0v) is 16.5. The van der Waals surface area contributed by atoms with Crippen molar-refractivity contribution in [2.24, 2.45) is 0 Å². The maximum atomic E-state index is 13.0. The van der Waals surface area contributed by atoms with E-state index in [1.807, 2.05) is 44.2 Å². The fraction of sp³-hybridized carbons (Fsp3) is 0.0741. The average molecular weight is 375 g/mol. The molecule has 2 nitrogen and oxygen atoms in total. The minimum atomic E-state index is 0.112. The minimum Gasteiger partial charge on any atom is -0.354 e. The molecule has 0 saturated heterocycles. The van der Waals surface area contributed by atoms with Gasteiger partial charge in [0.25, 0.3) is 0 Å². The molecule has 0 aliphatic heterocycles. The van der Waals surface area contributed by atoms with Gasteiger partial charge in [0.05, 0.1) is 11.1 Å². The number of fused-ring (bicyclic) bond motifs is 7. The highest BCUT2D eigenvalue weighted by Gasteiger charge is 2.29. The van der Waals surface area contributed by atoms with Crippen molar-refractivity contribution < 1.29 is 4.79 Å². The summed E-state index contributed by atoms with van der Waals surface area (Å²) in [6.07, 6.45) is 0. The van der Waals surface area contributed by atoms with E-state index in [4.69, 9.17) is 0 Å². The summed E-state index contributed by atoms with van der Waals surface area (Å²) in [5, 5.41) is 2.25. The Bertz CT molecular complexity index is 1380. The van der Waals surface area contributed by atoms with Crippen LogP contribution >= 0.6 is 0 Å². The average Bonchev–Trinajstić information content (AvgIpc) is 3.31. The Kier molecular flexibility index (Phi) is 4.06. The van der Waals surface area contributed by atoms with E-state index in [9.17, 15) is 4.79 Å². The van der Waals surface area contributed by atoms with E-state index in [0.717, 1.165) is 44.1 Å². The predicted molar refractivity (Wildman–Crippen MR) is 121 cm³/mol. The molecule has 0 bridgehead atoms. The maximum absolute atomic E-state index is 13.0. The molecule has 1 aromatic heterocycles. The topological polar surface area (TPSA) is 32.9 Å². The van der Waals surface area contributed by atoms with E-state index in [1.54, 1.807) is 0 Å². The van der Waals surface area contributed by atoms with Crippen LogP contribution < -0.4 is 0 Å². The number of benzene rings is 4. The van der Waals surface area contributed by atoms with Crippen LogP contribution in [0.15, 0.2) is 84.9 Å². The Labute approximate surface area is 169 Å². The number of ketones is 1. The molecule has 0 amide bonds. The van der Waals surface area contributed by atoms with E-state index in [-0.39, 0.29) is 5.78 Å². The molecule has 1 N–H and O–H groups in total. The van der Waals surface area contributed by atoms with Crippen LogP contribution in [0.4, 0.5) is 0 Å². The second kappa shape index (κ2) is 6.75. The maximum Gasteiger partial charge on any atom is 0.196 e. The first-order valence-corrected chi connectivity index (χ1v) is 10.1. The first-order chi connectivity index (χ1) is 14.3. The van der Waals surface area contributed by atoms with Gasteiger partial charge in [-0.3, -0.25) is 4.79 Å². The summed E-state index contributed by atoms with van der Waals surface area (Å²) in [6.45, 7) is 4.00. The normalized spacial score (nSPS) is 11.9. The molecular formula is C27H21NO. The predicted octanol–water partition coefficient (Wildman–Crippen LogP) is 7.23. The molecule has 1 aliphatic carbocycles. The van der Waals surface area contributed by atoms with E-state index >= 15 is 0 Å². The number of aromatic nitrogens is 1. The highest BCUT2D eigenvalue weighted by Crippen LogP contribution is 2.42. The van der Waals surface area contributed by atoms with Gasteiger partial charge in [-0.25, -0.2) is 0 Å². The Balaban J connectivity index is 0.000000882. The summed E-state index contributed by atoms with van der Waals surface area (Å²) in [4.78, 5) is 16.5. The van der Waals surface area contributed by atoms with Gasteiger partial charge in [-0.05, 0) is 34.4 Å². The van der Waals surface area contributed by atoms with E-state index in [1.165, 1.54) is 11.1 Å². The molecule has 0 saturated carbocycles. The molecule has 4 aromatic carbocycles. The van der Waals surface area contributed by atoms with Gasteiger partial charge in [0.2, 0.25) is 0 Å². The van der Waals surface area contributed by atoms with E-state index in [0.29, 0.717) is 0 Å². The van der Waals surface area contributed by atoms with Gasteiger partial charge in [-0.15, -0.1) is 0 Å². The number of aromatic amines is 1. The van der Waals surface area contributed by atoms with Gasteiger partial charge in [-0.2, -0.15) is 0 Å². The highest BCUT2D eigenvalue weighted by molar-refractivity contribution is 6.29. The summed E-state index contributed by atoms with van der Waals surface area (Å²) >= 11 is 0. The third-order valence-electron chi connectivity index (χ3n) is 5.57. The molecule has 0 spiro atoms. The number of hydrogen-bond acceptors (Lipinski definition) is 1. The molecule has 1 aliphatic rings. The van der Waals surface area contributed by atoms with Crippen LogP contribution in [-0.4, -0.2) is 10.8 Å².